The molecule has 5 nitrogen and oxygen atoms in total. The van der Waals surface area contributed by atoms with Crippen molar-refractivity contribution in [2.24, 2.45) is 0 Å². The summed E-state index contributed by atoms with van der Waals surface area (Å²) in [4.78, 5) is 11.8. The van der Waals surface area contributed by atoms with Gasteiger partial charge in [-0.05, 0) is 31.0 Å². The van der Waals surface area contributed by atoms with E-state index < -0.39 is 0 Å². The van der Waals surface area contributed by atoms with Gasteiger partial charge in [-0.1, -0.05) is 34.5 Å². The van der Waals surface area contributed by atoms with Gasteiger partial charge >= 0.3 is 0 Å². The molecule has 1 N–H and O–H groups in total. The van der Waals surface area contributed by atoms with Crippen LogP contribution in [0.1, 0.15) is 12.5 Å². The molecule has 1 atom stereocenters. The van der Waals surface area contributed by atoms with Crippen molar-refractivity contribution in [3.05, 3.63) is 46.2 Å². The summed E-state index contributed by atoms with van der Waals surface area (Å²) in [5, 5.41) is 11.5. The minimum Gasteiger partial charge on any atom is -0.352 e. The zero-order valence-corrected chi connectivity index (χ0v) is 12.4. The molecule has 0 saturated carbocycles. The van der Waals surface area contributed by atoms with Gasteiger partial charge in [0.05, 0.1) is 6.20 Å². The summed E-state index contributed by atoms with van der Waals surface area (Å²) >= 11 is 12.2. The molecule has 1 aromatic carbocycles. The van der Waals surface area contributed by atoms with Gasteiger partial charge in [-0.15, -0.1) is 5.10 Å². The number of hydrogen-bond donors (Lipinski definition) is 1. The van der Waals surface area contributed by atoms with Crippen molar-refractivity contribution >= 4 is 29.1 Å². The van der Waals surface area contributed by atoms with E-state index in [1.165, 1.54) is 10.9 Å². The van der Waals surface area contributed by atoms with Gasteiger partial charge in [-0.25, -0.2) is 4.68 Å². The van der Waals surface area contributed by atoms with E-state index in [0.29, 0.717) is 16.5 Å². The Hall–Kier alpha value is -1.59. The lowest BCUT2D eigenvalue weighted by atomic mass is 10.1. The normalized spacial score (nSPS) is 12.2. The molecule has 1 unspecified atom stereocenters. The van der Waals surface area contributed by atoms with E-state index in [-0.39, 0.29) is 18.5 Å². The van der Waals surface area contributed by atoms with E-state index in [4.69, 9.17) is 23.2 Å². The first-order valence-electron chi connectivity index (χ1n) is 6.12. The number of nitrogens with zero attached hydrogens (tertiary/aromatic N) is 3. The standard InChI is InChI=1S/C13H14Cl2N4O/c1-9(7-10-11(14)3-2-4-12(10)15)17-13(20)8-19-6-5-16-18-19/h2-6,9H,7-8H2,1H3,(H,17,20). The summed E-state index contributed by atoms with van der Waals surface area (Å²) in [6.07, 6.45) is 3.73. The van der Waals surface area contributed by atoms with Crippen LogP contribution in [0.3, 0.4) is 0 Å². The molecule has 0 spiro atoms. The Balaban J connectivity index is 1.92. The van der Waals surface area contributed by atoms with Crippen LogP contribution < -0.4 is 5.32 Å². The number of carbonyl (C=O) groups excluding carboxylic acids is 1. The van der Waals surface area contributed by atoms with Gasteiger partial charge < -0.3 is 5.32 Å². The largest absolute Gasteiger partial charge is 0.352 e. The second kappa shape index (κ2) is 6.72. The maximum Gasteiger partial charge on any atom is 0.242 e. The third-order valence-corrected chi connectivity index (χ3v) is 3.47. The highest BCUT2D eigenvalue weighted by atomic mass is 35.5. The Morgan fingerprint density at radius 2 is 2.10 bits per heavy atom. The second-order valence-corrected chi connectivity index (χ2v) is 5.29. The first-order chi connectivity index (χ1) is 9.56. The minimum absolute atomic E-state index is 0.0802. The van der Waals surface area contributed by atoms with Gasteiger partial charge in [0, 0.05) is 22.3 Å². The molecule has 2 rings (SSSR count). The van der Waals surface area contributed by atoms with Crippen LogP contribution in [0, 0.1) is 0 Å². The molecular weight excluding hydrogens is 299 g/mol. The van der Waals surface area contributed by atoms with Crippen molar-refractivity contribution in [2.75, 3.05) is 0 Å². The van der Waals surface area contributed by atoms with Crippen LogP contribution in [0.4, 0.5) is 0 Å². The predicted molar refractivity (Wildman–Crippen MR) is 77.8 cm³/mol. The lowest BCUT2D eigenvalue weighted by Crippen LogP contribution is -2.36. The highest BCUT2D eigenvalue weighted by Gasteiger charge is 2.13. The van der Waals surface area contributed by atoms with Crippen LogP contribution in [0.5, 0.6) is 0 Å². The van der Waals surface area contributed by atoms with E-state index in [9.17, 15) is 4.79 Å². The molecule has 0 saturated heterocycles. The number of aromatic nitrogens is 3. The topological polar surface area (TPSA) is 59.8 Å². The van der Waals surface area contributed by atoms with Crippen molar-refractivity contribution < 1.29 is 4.79 Å². The first-order valence-corrected chi connectivity index (χ1v) is 6.88. The lowest BCUT2D eigenvalue weighted by Gasteiger charge is -2.15. The van der Waals surface area contributed by atoms with Crippen LogP contribution in [-0.2, 0) is 17.8 Å². The Morgan fingerprint density at radius 1 is 1.40 bits per heavy atom. The minimum atomic E-state index is -0.133. The van der Waals surface area contributed by atoms with Crippen LogP contribution in [-0.4, -0.2) is 26.9 Å². The van der Waals surface area contributed by atoms with Gasteiger partial charge in [-0.3, -0.25) is 4.79 Å². The molecule has 2 aromatic rings. The van der Waals surface area contributed by atoms with Crippen LogP contribution in [0.15, 0.2) is 30.6 Å². The number of rotatable bonds is 5. The molecule has 0 aliphatic carbocycles. The SMILES string of the molecule is CC(Cc1c(Cl)cccc1Cl)NC(=O)Cn1ccnn1. The average molecular weight is 313 g/mol. The van der Waals surface area contributed by atoms with Crippen molar-refractivity contribution in [3.63, 3.8) is 0 Å². The molecular formula is C13H14Cl2N4O. The summed E-state index contributed by atoms with van der Waals surface area (Å²) in [5.41, 5.74) is 0.837. The number of hydrogen-bond acceptors (Lipinski definition) is 3. The highest BCUT2D eigenvalue weighted by molar-refractivity contribution is 6.36. The van der Waals surface area contributed by atoms with E-state index in [1.807, 2.05) is 6.92 Å². The second-order valence-electron chi connectivity index (χ2n) is 4.47. The van der Waals surface area contributed by atoms with E-state index in [2.05, 4.69) is 15.6 Å². The molecule has 0 aliphatic rings. The van der Waals surface area contributed by atoms with E-state index >= 15 is 0 Å². The number of benzene rings is 1. The number of halogens is 2. The van der Waals surface area contributed by atoms with Crippen molar-refractivity contribution in [3.8, 4) is 0 Å². The Kier molecular flexibility index (Phi) is 4.98. The van der Waals surface area contributed by atoms with Crippen molar-refractivity contribution in [1.82, 2.24) is 20.3 Å². The fraction of sp³-hybridized carbons (Fsp3) is 0.308. The maximum absolute atomic E-state index is 11.8. The summed E-state index contributed by atoms with van der Waals surface area (Å²) < 4.78 is 1.46. The quantitative estimate of drug-likeness (QED) is 0.921. The molecule has 1 amide bonds. The number of amides is 1. The molecule has 0 bridgehead atoms. The van der Waals surface area contributed by atoms with Gasteiger partial charge in [0.1, 0.15) is 6.54 Å². The number of carbonyl (C=O) groups is 1. The monoisotopic (exact) mass is 312 g/mol. The lowest BCUT2D eigenvalue weighted by molar-refractivity contribution is -0.122. The summed E-state index contributed by atoms with van der Waals surface area (Å²) in [5.74, 6) is -0.133. The molecule has 1 aromatic heterocycles. The van der Waals surface area contributed by atoms with Gasteiger partial charge in [0.25, 0.3) is 0 Å². The third-order valence-electron chi connectivity index (χ3n) is 2.76. The Bertz CT molecular complexity index is 566. The van der Waals surface area contributed by atoms with E-state index in [0.717, 1.165) is 5.56 Å². The molecule has 0 radical (unpaired) electrons. The molecule has 106 valence electrons. The zero-order valence-electron chi connectivity index (χ0n) is 10.9. The average Bonchev–Trinajstić information content (AvgIpc) is 2.86. The predicted octanol–water partition coefficient (Wildman–Crippen LogP) is 2.33. The fourth-order valence-corrected chi connectivity index (χ4v) is 2.42. The summed E-state index contributed by atoms with van der Waals surface area (Å²) in [6, 6.07) is 5.28. The van der Waals surface area contributed by atoms with Crippen molar-refractivity contribution in [2.45, 2.75) is 25.9 Å². The van der Waals surface area contributed by atoms with Crippen LogP contribution >= 0.6 is 23.2 Å². The molecule has 0 aliphatic heterocycles. The zero-order chi connectivity index (χ0) is 14.5. The molecule has 0 fully saturated rings. The maximum atomic E-state index is 11.8. The summed E-state index contributed by atoms with van der Waals surface area (Å²) in [6.45, 7) is 2.04. The first kappa shape index (κ1) is 14.8. The van der Waals surface area contributed by atoms with Crippen LogP contribution in [0.2, 0.25) is 10.0 Å². The van der Waals surface area contributed by atoms with Crippen LogP contribution in [0.25, 0.3) is 0 Å². The molecule has 20 heavy (non-hydrogen) atoms. The summed E-state index contributed by atoms with van der Waals surface area (Å²) in [7, 11) is 0. The molecule has 7 heteroatoms. The Morgan fingerprint density at radius 3 is 2.70 bits per heavy atom. The number of nitrogens with one attached hydrogen (secondary N) is 1. The van der Waals surface area contributed by atoms with Gasteiger partial charge in [0.15, 0.2) is 0 Å². The van der Waals surface area contributed by atoms with E-state index in [1.54, 1.807) is 24.4 Å². The fourth-order valence-electron chi connectivity index (χ4n) is 1.87. The van der Waals surface area contributed by atoms with Gasteiger partial charge in [-0.2, -0.15) is 0 Å². The molecule has 1 heterocycles. The Labute approximate surface area is 126 Å². The smallest absolute Gasteiger partial charge is 0.242 e. The highest BCUT2D eigenvalue weighted by Crippen LogP contribution is 2.25. The van der Waals surface area contributed by atoms with Gasteiger partial charge in [0.2, 0.25) is 5.91 Å². The third kappa shape index (κ3) is 3.95. The van der Waals surface area contributed by atoms with Crippen molar-refractivity contribution in [1.29, 1.82) is 0 Å².